The highest BCUT2D eigenvalue weighted by Crippen LogP contribution is 2.30. The third-order valence-corrected chi connectivity index (χ3v) is 4.69. The van der Waals surface area contributed by atoms with Crippen LogP contribution in [0.4, 0.5) is 0 Å². The van der Waals surface area contributed by atoms with Crippen molar-refractivity contribution >= 4 is 16.7 Å². The Morgan fingerprint density at radius 1 is 1.00 bits per heavy atom. The second kappa shape index (κ2) is 8.12. The van der Waals surface area contributed by atoms with Gasteiger partial charge in [0.25, 0.3) is 5.91 Å². The first-order valence-corrected chi connectivity index (χ1v) is 9.17. The molecule has 1 amide bonds. The summed E-state index contributed by atoms with van der Waals surface area (Å²) in [5.74, 6) is 0.622. The van der Waals surface area contributed by atoms with Gasteiger partial charge in [-0.2, -0.15) is 0 Å². The van der Waals surface area contributed by atoms with E-state index in [0.717, 1.165) is 22.3 Å². The van der Waals surface area contributed by atoms with E-state index in [2.05, 4.69) is 18.3 Å². The molecule has 3 aromatic rings. The fourth-order valence-corrected chi connectivity index (χ4v) is 3.19. The Bertz CT molecular complexity index is 979. The van der Waals surface area contributed by atoms with Gasteiger partial charge >= 0.3 is 0 Å². The number of carbonyl (C=O) groups is 1. The number of hydrogen-bond donors (Lipinski definition) is 2. The molecular weight excluding hydrogens is 338 g/mol. The van der Waals surface area contributed by atoms with Crippen LogP contribution in [0.2, 0.25) is 0 Å². The van der Waals surface area contributed by atoms with Crippen LogP contribution in [0.25, 0.3) is 10.8 Å². The Labute approximate surface area is 159 Å². The molecule has 0 spiro atoms. The molecule has 0 aromatic heterocycles. The number of fused-ring (bicyclic) bond motifs is 1. The molecule has 4 nitrogen and oxygen atoms in total. The van der Waals surface area contributed by atoms with Crippen LogP contribution in [-0.2, 0) is 0 Å². The molecule has 0 fully saturated rings. The average molecular weight is 363 g/mol. The molecule has 0 bridgehead atoms. The number of phenols is 1. The van der Waals surface area contributed by atoms with Gasteiger partial charge in [-0.3, -0.25) is 4.79 Å². The van der Waals surface area contributed by atoms with E-state index in [0.29, 0.717) is 30.5 Å². The van der Waals surface area contributed by atoms with E-state index in [4.69, 9.17) is 4.74 Å². The van der Waals surface area contributed by atoms with E-state index in [1.54, 1.807) is 6.07 Å². The SMILES string of the molecule is Cc1ccc(OCCCNC(=O)c2ccc3c(C)cccc3c2O)c(C)c1. The zero-order valence-corrected chi connectivity index (χ0v) is 16.0. The lowest BCUT2D eigenvalue weighted by molar-refractivity contribution is 0.0949. The van der Waals surface area contributed by atoms with Crippen LogP contribution < -0.4 is 10.1 Å². The highest BCUT2D eigenvalue weighted by molar-refractivity contribution is 6.04. The second-order valence-corrected chi connectivity index (χ2v) is 6.86. The van der Waals surface area contributed by atoms with Crippen LogP contribution in [0, 0.1) is 20.8 Å². The first-order chi connectivity index (χ1) is 13.0. The quantitative estimate of drug-likeness (QED) is 0.626. The van der Waals surface area contributed by atoms with E-state index in [9.17, 15) is 9.90 Å². The minimum Gasteiger partial charge on any atom is -0.506 e. The molecule has 0 aliphatic rings. The predicted molar refractivity (Wildman–Crippen MR) is 109 cm³/mol. The minimum atomic E-state index is -0.276. The average Bonchev–Trinajstić information content (AvgIpc) is 2.64. The van der Waals surface area contributed by atoms with Crippen molar-refractivity contribution in [3.05, 3.63) is 70.8 Å². The lowest BCUT2D eigenvalue weighted by atomic mass is 10.0. The van der Waals surface area contributed by atoms with E-state index in [1.807, 2.05) is 50.2 Å². The lowest BCUT2D eigenvalue weighted by Gasteiger charge is -2.11. The molecule has 3 aromatic carbocycles. The monoisotopic (exact) mass is 363 g/mol. The van der Waals surface area contributed by atoms with Crippen molar-refractivity contribution in [1.29, 1.82) is 0 Å². The fraction of sp³-hybridized carbons (Fsp3) is 0.261. The highest BCUT2D eigenvalue weighted by atomic mass is 16.5. The van der Waals surface area contributed by atoms with Crippen molar-refractivity contribution in [2.45, 2.75) is 27.2 Å². The molecule has 0 aliphatic carbocycles. The fourth-order valence-electron chi connectivity index (χ4n) is 3.19. The Morgan fingerprint density at radius 2 is 1.81 bits per heavy atom. The molecule has 27 heavy (non-hydrogen) atoms. The van der Waals surface area contributed by atoms with Crippen molar-refractivity contribution in [3.8, 4) is 11.5 Å². The summed E-state index contributed by atoms with van der Waals surface area (Å²) >= 11 is 0. The third kappa shape index (κ3) is 4.22. The molecule has 0 aliphatic heterocycles. The third-order valence-electron chi connectivity index (χ3n) is 4.69. The summed E-state index contributed by atoms with van der Waals surface area (Å²) < 4.78 is 5.77. The molecule has 140 valence electrons. The van der Waals surface area contributed by atoms with Crippen molar-refractivity contribution in [2.24, 2.45) is 0 Å². The Balaban J connectivity index is 1.55. The maximum absolute atomic E-state index is 12.4. The van der Waals surface area contributed by atoms with Gasteiger partial charge in [0.15, 0.2) is 0 Å². The number of amides is 1. The van der Waals surface area contributed by atoms with E-state index in [-0.39, 0.29) is 11.7 Å². The van der Waals surface area contributed by atoms with Gasteiger partial charge in [0.1, 0.15) is 11.5 Å². The van der Waals surface area contributed by atoms with Gasteiger partial charge in [0, 0.05) is 11.9 Å². The Morgan fingerprint density at radius 3 is 2.59 bits per heavy atom. The number of aromatic hydroxyl groups is 1. The van der Waals surface area contributed by atoms with Gasteiger partial charge in [-0.15, -0.1) is 0 Å². The molecule has 4 heteroatoms. The smallest absolute Gasteiger partial charge is 0.255 e. The number of hydrogen-bond acceptors (Lipinski definition) is 3. The van der Waals surface area contributed by atoms with Crippen molar-refractivity contribution in [1.82, 2.24) is 5.32 Å². The zero-order chi connectivity index (χ0) is 19.4. The molecule has 3 rings (SSSR count). The molecule has 0 saturated heterocycles. The number of nitrogens with one attached hydrogen (secondary N) is 1. The Hall–Kier alpha value is -3.01. The van der Waals surface area contributed by atoms with Gasteiger partial charge < -0.3 is 15.2 Å². The van der Waals surface area contributed by atoms with Crippen LogP contribution >= 0.6 is 0 Å². The molecular formula is C23H25NO3. The van der Waals surface area contributed by atoms with E-state index < -0.39 is 0 Å². The predicted octanol–water partition coefficient (Wildman–Crippen LogP) is 4.67. The summed E-state index contributed by atoms with van der Waals surface area (Å²) in [5.41, 5.74) is 3.68. The molecule has 0 saturated carbocycles. The molecule has 0 atom stereocenters. The van der Waals surface area contributed by atoms with Crippen LogP contribution in [0.5, 0.6) is 11.5 Å². The summed E-state index contributed by atoms with van der Waals surface area (Å²) in [7, 11) is 0. The summed E-state index contributed by atoms with van der Waals surface area (Å²) in [6, 6.07) is 15.3. The van der Waals surface area contributed by atoms with Crippen LogP contribution in [-0.4, -0.2) is 24.2 Å². The van der Waals surface area contributed by atoms with Crippen molar-refractivity contribution in [3.63, 3.8) is 0 Å². The maximum Gasteiger partial charge on any atom is 0.255 e. The van der Waals surface area contributed by atoms with Gasteiger partial charge in [0.2, 0.25) is 0 Å². The standard InChI is InChI=1S/C23H25NO3/c1-15-8-11-21(17(3)14-15)27-13-5-12-24-23(26)20-10-9-18-16(2)6-4-7-19(18)22(20)25/h4,6-11,14,25H,5,12-13H2,1-3H3,(H,24,26). The summed E-state index contributed by atoms with van der Waals surface area (Å²) in [4.78, 5) is 12.4. The summed E-state index contributed by atoms with van der Waals surface area (Å²) in [6.07, 6.45) is 0.687. The van der Waals surface area contributed by atoms with Gasteiger partial charge in [-0.25, -0.2) is 0 Å². The maximum atomic E-state index is 12.4. The Kier molecular flexibility index (Phi) is 5.65. The number of rotatable bonds is 6. The molecule has 2 N–H and O–H groups in total. The van der Waals surface area contributed by atoms with Gasteiger partial charge in [-0.05, 0) is 55.8 Å². The highest BCUT2D eigenvalue weighted by Gasteiger charge is 2.14. The number of aryl methyl sites for hydroxylation is 3. The van der Waals surface area contributed by atoms with Crippen molar-refractivity contribution in [2.75, 3.05) is 13.2 Å². The van der Waals surface area contributed by atoms with Crippen LogP contribution in [0.1, 0.15) is 33.5 Å². The number of carbonyl (C=O) groups excluding carboxylic acids is 1. The van der Waals surface area contributed by atoms with Gasteiger partial charge in [-0.1, -0.05) is 42.0 Å². The lowest BCUT2D eigenvalue weighted by Crippen LogP contribution is -2.25. The van der Waals surface area contributed by atoms with E-state index in [1.165, 1.54) is 5.56 Å². The number of phenolic OH excluding ortho intramolecular Hbond substituents is 1. The minimum absolute atomic E-state index is 0.0280. The number of ether oxygens (including phenoxy) is 1. The van der Waals surface area contributed by atoms with Crippen molar-refractivity contribution < 1.29 is 14.6 Å². The first kappa shape index (κ1) is 18.8. The molecule has 0 unspecified atom stereocenters. The summed E-state index contributed by atoms with van der Waals surface area (Å²) in [5, 5.41) is 15.0. The molecule has 0 heterocycles. The van der Waals surface area contributed by atoms with Crippen LogP contribution in [0.3, 0.4) is 0 Å². The van der Waals surface area contributed by atoms with Gasteiger partial charge in [0.05, 0.1) is 12.2 Å². The second-order valence-electron chi connectivity index (χ2n) is 6.86. The largest absolute Gasteiger partial charge is 0.506 e. The number of benzene rings is 3. The summed E-state index contributed by atoms with van der Waals surface area (Å²) in [6.45, 7) is 7.06. The first-order valence-electron chi connectivity index (χ1n) is 9.17. The molecule has 0 radical (unpaired) electrons. The zero-order valence-electron chi connectivity index (χ0n) is 16.0. The van der Waals surface area contributed by atoms with E-state index >= 15 is 0 Å². The normalized spacial score (nSPS) is 10.8. The topological polar surface area (TPSA) is 58.6 Å². The van der Waals surface area contributed by atoms with Crippen LogP contribution in [0.15, 0.2) is 48.5 Å².